The fourth-order valence-corrected chi connectivity index (χ4v) is 4.18. The van der Waals surface area contributed by atoms with Crippen LogP contribution in [0, 0.1) is 0 Å². The molecule has 0 saturated carbocycles. The van der Waals surface area contributed by atoms with Crippen molar-refractivity contribution in [2.75, 3.05) is 0 Å². The number of allylic oxidation sites excluding steroid dienone is 2. The van der Waals surface area contributed by atoms with Crippen molar-refractivity contribution in [1.29, 1.82) is 0 Å². The summed E-state index contributed by atoms with van der Waals surface area (Å²) in [5, 5.41) is 10.9. The van der Waals surface area contributed by atoms with E-state index in [1.54, 1.807) is 0 Å². The number of aromatic nitrogens is 2. The van der Waals surface area contributed by atoms with Gasteiger partial charge in [-0.2, -0.15) is 4.02 Å². The number of halogens is 1. The number of hydrogen-bond acceptors (Lipinski definition) is 3. The van der Waals surface area contributed by atoms with E-state index in [4.69, 9.17) is 0 Å². The van der Waals surface area contributed by atoms with E-state index in [2.05, 4.69) is 40.1 Å². The lowest BCUT2D eigenvalue weighted by atomic mass is 9.78. The van der Waals surface area contributed by atoms with Crippen LogP contribution in [0.4, 0.5) is 0 Å². The van der Waals surface area contributed by atoms with Crippen LogP contribution in [0.5, 0.6) is 5.75 Å². The summed E-state index contributed by atoms with van der Waals surface area (Å²) >= 11 is 3.23. The van der Waals surface area contributed by atoms with E-state index in [1.807, 2.05) is 75.2 Å². The number of ketones is 1. The van der Waals surface area contributed by atoms with Crippen molar-refractivity contribution in [1.82, 2.24) is 9.13 Å². The van der Waals surface area contributed by atoms with Crippen molar-refractivity contribution in [3.63, 3.8) is 0 Å². The summed E-state index contributed by atoms with van der Waals surface area (Å²) in [7, 11) is 0. The number of rotatable bonds is 7. The number of phenols is 1. The van der Waals surface area contributed by atoms with Crippen LogP contribution < -0.4 is 5.62 Å². The van der Waals surface area contributed by atoms with Crippen LogP contribution in [0.3, 0.4) is 0 Å². The van der Waals surface area contributed by atoms with Gasteiger partial charge in [-0.3, -0.25) is 4.79 Å². The molecule has 1 aromatic heterocycles. The molecule has 0 radical (unpaired) electrons. The largest absolute Gasteiger partial charge is 0.507 e. The van der Waals surface area contributed by atoms with Crippen LogP contribution in [0.2, 0.25) is 0 Å². The number of carbonyl (C=O) groups is 1. The Hall–Kier alpha value is -2.08. The van der Waals surface area contributed by atoms with Crippen molar-refractivity contribution in [3.05, 3.63) is 58.5 Å². The Morgan fingerprint density at radius 3 is 1.94 bits per heavy atom. The zero-order chi connectivity index (χ0) is 24.3. The van der Waals surface area contributed by atoms with Crippen molar-refractivity contribution >= 4 is 21.9 Å². The summed E-state index contributed by atoms with van der Waals surface area (Å²) in [5.41, 5.74) is 3.71. The van der Waals surface area contributed by atoms with Crippen molar-refractivity contribution in [2.24, 2.45) is 4.02 Å². The number of Topliss-reactive ketones (excluding diaryl/α,β-unsaturated/α-hetero) is 1. The molecule has 0 atom stereocenters. The molecule has 32 heavy (non-hydrogen) atoms. The van der Waals surface area contributed by atoms with Crippen molar-refractivity contribution in [2.45, 2.75) is 92.2 Å². The third kappa shape index (κ3) is 6.03. The van der Waals surface area contributed by atoms with Gasteiger partial charge < -0.3 is 14.2 Å². The number of nitrogens with zero attached hydrogens (tertiary/aromatic N) is 3. The molecule has 0 spiro atoms. The van der Waals surface area contributed by atoms with E-state index >= 15 is 0 Å². The van der Waals surface area contributed by atoms with Crippen LogP contribution in [-0.4, -0.2) is 20.0 Å². The molecule has 0 fully saturated rings. The molecule has 6 heteroatoms. The van der Waals surface area contributed by atoms with Gasteiger partial charge in [0.1, 0.15) is 5.75 Å². The predicted octanol–water partition coefficient (Wildman–Crippen LogP) is 6.43. The van der Waals surface area contributed by atoms with E-state index in [-0.39, 0.29) is 28.9 Å². The van der Waals surface area contributed by atoms with Gasteiger partial charge in [0.25, 0.3) is 0 Å². The van der Waals surface area contributed by atoms with Crippen LogP contribution >= 0.6 is 16.1 Å². The Labute approximate surface area is 201 Å². The number of aromatic hydroxyl groups is 1. The molecule has 1 N–H and O–H groups in total. The van der Waals surface area contributed by atoms with Gasteiger partial charge in [-0.15, -0.1) is 0 Å². The maximum atomic E-state index is 13.3. The molecule has 0 aliphatic rings. The average molecular weight is 505 g/mol. The van der Waals surface area contributed by atoms with Gasteiger partial charge >= 0.3 is 0 Å². The standard InChI is InChI=1S/C26H38BrN3O2/c1-9-18(10-2)11-12-29-13-14-30(24(29)28-27)17-22(31)19-15-20(25(3,4)5)23(32)21(16-19)26(6,7)8/h11,13-16,32H,9-10,12,17H2,1-8H3. The van der Waals surface area contributed by atoms with Gasteiger partial charge in [0.2, 0.25) is 5.62 Å². The normalized spacial score (nSPS) is 12.8. The molecule has 1 heterocycles. The summed E-state index contributed by atoms with van der Waals surface area (Å²) in [6.07, 6.45) is 8.12. The number of benzene rings is 1. The predicted molar refractivity (Wildman–Crippen MR) is 135 cm³/mol. The highest BCUT2D eigenvalue weighted by atomic mass is 79.9. The molecule has 1 aromatic carbocycles. The van der Waals surface area contributed by atoms with Gasteiger partial charge in [-0.1, -0.05) is 67.0 Å². The van der Waals surface area contributed by atoms with Gasteiger partial charge in [-0.25, -0.2) is 0 Å². The average Bonchev–Trinajstić information content (AvgIpc) is 3.08. The first-order valence-electron chi connectivity index (χ1n) is 11.3. The van der Waals surface area contributed by atoms with Crippen LogP contribution in [0.1, 0.15) is 89.7 Å². The molecule has 5 nitrogen and oxygen atoms in total. The first-order chi connectivity index (χ1) is 14.8. The second kappa shape index (κ2) is 10.2. The Bertz CT molecular complexity index is 1020. The minimum atomic E-state index is -0.282. The minimum Gasteiger partial charge on any atom is -0.507 e. The van der Waals surface area contributed by atoms with Gasteiger partial charge in [0.15, 0.2) is 5.78 Å². The highest BCUT2D eigenvalue weighted by Gasteiger charge is 2.27. The summed E-state index contributed by atoms with van der Waals surface area (Å²) in [5.74, 6) is 0.269. The van der Waals surface area contributed by atoms with Crippen LogP contribution in [0.15, 0.2) is 40.2 Å². The number of phenolic OH excluding ortho intramolecular Hbond substituents is 1. The lowest BCUT2D eigenvalue weighted by Crippen LogP contribution is -2.28. The highest BCUT2D eigenvalue weighted by Crippen LogP contribution is 2.39. The van der Waals surface area contributed by atoms with E-state index in [9.17, 15) is 9.90 Å². The monoisotopic (exact) mass is 503 g/mol. The van der Waals surface area contributed by atoms with Crippen molar-refractivity contribution in [3.8, 4) is 5.75 Å². The van der Waals surface area contributed by atoms with Gasteiger partial charge in [-0.05, 0) is 35.8 Å². The second-order valence-corrected chi connectivity index (χ2v) is 10.7. The maximum absolute atomic E-state index is 13.3. The molecular formula is C26H38BrN3O2. The molecule has 0 bridgehead atoms. The second-order valence-electron chi connectivity index (χ2n) is 10.4. The third-order valence-corrected chi connectivity index (χ3v) is 6.18. The van der Waals surface area contributed by atoms with Crippen LogP contribution in [0.25, 0.3) is 0 Å². The molecule has 0 amide bonds. The van der Waals surface area contributed by atoms with E-state index in [0.29, 0.717) is 17.7 Å². The topological polar surface area (TPSA) is 59.5 Å². The third-order valence-electron chi connectivity index (χ3n) is 5.86. The van der Waals surface area contributed by atoms with Crippen molar-refractivity contribution < 1.29 is 9.90 Å². The summed E-state index contributed by atoms with van der Waals surface area (Å²) in [6.45, 7) is 17.5. The SMILES string of the molecule is CCC(=CCn1ccn(CC(=O)c2cc(C(C)(C)C)c(O)c(C(C)(C)C)c2)c1=NBr)CC. The molecule has 0 unspecified atom stereocenters. The summed E-state index contributed by atoms with van der Waals surface area (Å²) in [4.78, 5) is 13.3. The zero-order valence-corrected chi connectivity index (χ0v) is 22.4. The number of carbonyl (C=O) groups excluding carboxylic acids is 1. The maximum Gasteiger partial charge on any atom is 0.217 e. The molecule has 0 saturated heterocycles. The Morgan fingerprint density at radius 1 is 1.00 bits per heavy atom. The molecule has 176 valence electrons. The molecule has 0 aliphatic heterocycles. The van der Waals surface area contributed by atoms with E-state index in [0.717, 1.165) is 24.0 Å². The zero-order valence-electron chi connectivity index (χ0n) is 20.8. The number of hydrogen-bond donors (Lipinski definition) is 1. The smallest absolute Gasteiger partial charge is 0.217 e. The van der Waals surface area contributed by atoms with Gasteiger partial charge in [0, 0.05) is 35.6 Å². The highest BCUT2D eigenvalue weighted by molar-refractivity contribution is 9.08. The minimum absolute atomic E-state index is 0.0144. The Morgan fingerprint density at radius 2 is 1.50 bits per heavy atom. The fraction of sp³-hybridized carbons (Fsp3) is 0.538. The number of imidazole rings is 1. The first-order valence-corrected chi connectivity index (χ1v) is 12.0. The Kier molecular flexibility index (Phi) is 8.38. The summed E-state index contributed by atoms with van der Waals surface area (Å²) < 4.78 is 8.12. The molecule has 0 aliphatic carbocycles. The lowest BCUT2D eigenvalue weighted by molar-refractivity contribution is 0.0970. The van der Waals surface area contributed by atoms with E-state index < -0.39 is 0 Å². The quantitative estimate of drug-likeness (QED) is 0.349. The summed E-state index contributed by atoms with van der Waals surface area (Å²) in [6, 6.07) is 3.68. The fourth-order valence-electron chi connectivity index (χ4n) is 3.77. The molecular weight excluding hydrogens is 466 g/mol. The first kappa shape index (κ1) is 26.2. The Balaban J connectivity index is 2.45. The van der Waals surface area contributed by atoms with Gasteiger partial charge in [0.05, 0.1) is 22.7 Å². The molecule has 2 aromatic rings. The van der Waals surface area contributed by atoms with E-state index in [1.165, 1.54) is 5.57 Å². The van der Waals surface area contributed by atoms with Crippen LogP contribution in [-0.2, 0) is 23.9 Å². The lowest BCUT2D eigenvalue weighted by Gasteiger charge is -2.28. The molecule has 2 rings (SSSR count).